The van der Waals surface area contributed by atoms with Crippen LogP contribution in [0.5, 0.6) is 5.75 Å². The minimum absolute atomic E-state index is 0.130. The van der Waals surface area contributed by atoms with E-state index in [1.54, 1.807) is 0 Å². The van der Waals surface area contributed by atoms with Gasteiger partial charge in [0.1, 0.15) is 5.75 Å². The van der Waals surface area contributed by atoms with Crippen molar-refractivity contribution in [3.63, 3.8) is 0 Å². The predicted molar refractivity (Wildman–Crippen MR) is 71.2 cm³/mol. The zero-order chi connectivity index (χ0) is 12.8. The quantitative estimate of drug-likeness (QED) is 0.620. The minimum atomic E-state index is 0.130. The minimum Gasteiger partial charge on any atom is -0.494 e. The van der Waals surface area contributed by atoms with Crippen molar-refractivity contribution in [1.29, 1.82) is 0 Å². The second-order valence-corrected chi connectivity index (χ2v) is 4.63. The molecule has 2 unspecified atom stereocenters. The van der Waals surface area contributed by atoms with E-state index in [1.165, 1.54) is 5.56 Å². The molecule has 1 aromatic carbocycles. The lowest BCUT2D eigenvalue weighted by Gasteiger charge is -2.30. The molecule has 1 aromatic rings. The molecule has 0 spiro atoms. The summed E-state index contributed by atoms with van der Waals surface area (Å²) in [5, 5.41) is 0. The average molecular weight is 250 g/mol. The van der Waals surface area contributed by atoms with Crippen molar-refractivity contribution in [2.45, 2.75) is 25.8 Å². The first kappa shape index (κ1) is 13.3. The maximum Gasteiger partial charge on any atom is 0.119 e. The standard InChI is InChI=1S/C14H22N2O2/c1-2-18-13-7-3-5-11(9-13)14(16-15)12-6-4-8-17-10-12/h3,5,7,9,12,14,16H,2,4,6,8,10,15H2,1H3. The molecule has 0 aromatic heterocycles. The van der Waals surface area contributed by atoms with Crippen molar-refractivity contribution in [1.82, 2.24) is 5.43 Å². The Labute approximate surface area is 108 Å². The van der Waals surface area contributed by atoms with Gasteiger partial charge in [-0.15, -0.1) is 0 Å². The third-order valence-electron chi connectivity index (χ3n) is 3.37. The van der Waals surface area contributed by atoms with Gasteiger partial charge >= 0.3 is 0 Å². The van der Waals surface area contributed by atoms with Crippen LogP contribution in [0.4, 0.5) is 0 Å². The van der Waals surface area contributed by atoms with Crippen LogP contribution in [0, 0.1) is 5.92 Å². The molecule has 1 fully saturated rings. The van der Waals surface area contributed by atoms with Gasteiger partial charge in [-0.05, 0) is 37.5 Å². The van der Waals surface area contributed by atoms with Crippen LogP contribution in [-0.4, -0.2) is 19.8 Å². The van der Waals surface area contributed by atoms with Crippen LogP contribution in [0.3, 0.4) is 0 Å². The van der Waals surface area contributed by atoms with Gasteiger partial charge in [0.15, 0.2) is 0 Å². The fourth-order valence-corrected chi connectivity index (χ4v) is 2.50. The van der Waals surface area contributed by atoms with E-state index in [4.69, 9.17) is 15.3 Å². The SMILES string of the molecule is CCOc1cccc(C(NN)C2CCCOC2)c1. The van der Waals surface area contributed by atoms with Gasteiger partial charge < -0.3 is 9.47 Å². The summed E-state index contributed by atoms with van der Waals surface area (Å²) in [6.07, 6.45) is 2.25. The molecule has 18 heavy (non-hydrogen) atoms. The van der Waals surface area contributed by atoms with Crippen LogP contribution >= 0.6 is 0 Å². The molecule has 2 atom stereocenters. The van der Waals surface area contributed by atoms with E-state index >= 15 is 0 Å². The number of hydrogen-bond donors (Lipinski definition) is 2. The van der Waals surface area contributed by atoms with Gasteiger partial charge in [-0.2, -0.15) is 0 Å². The molecule has 1 aliphatic heterocycles. The third kappa shape index (κ3) is 3.22. The first-order valence-electron chi connectivity index (χ1n) is 6.61. The molecule has 1 saturated heterocycles. The van der Waals surface area contributed by atoms with Crippen LogP contribution in [-0.2, 0) is 4.74 Å². The Hall–Kier alpha value is -1.10. The summed E-state index contributed by atoms with van der Waals surface area (Å²) in [4.78, 5) is 0. The second-order valence-electron chi connectivity index (χ2n) is 4.63. The third-order valence-corrected chi connectivity index (χ3v) is 3.37. The number of benzene rings is 1. The fraction of sp³-hybridized carbons (Fsp3) is 0.571. The molecule has 1 heterocycles. The molecule has 4 heteroatoms. The smallest absolute Gasteiger partial charge is 0.119 e. The van der Waals surface area contributed by atoms with Gasteiger partial charge in [0.2, 0.25) is 0 Å². The predicted octanol–water partition coefficient (Wildman–Crippen LogP) is 2.02. The molecule has 4 nitrogen and oxygen atoms in total. The zero-order valence-electron chi connectivity index (χ0n) is 10.9. The zero-order valence-corrected chi connectivity index (χ0v) is 10.9. The number of rotatable bonds is 5. The van der Waals surface area contributed by atoms with Gasteiger partial charge in [-0.1, -0.05) is 12.1 Å². The summed E-state index contributed by atoms with van der Waals surface area (Å²) < 4.78 is 11.1. The molecule has 0 radical (unpaired) electrons. The summed E-state index contributed by atoms with van der Waals surface area (Å²) in [6.45, 7) is 4.30. The van der Waals surface area contributed by atoms with Crippen LogP contribution in [0.2, 0.25) is 0 Å². The van der Waals surface area contributed by atoms with Gasteiger partial charge in [0.25, 0.3) is 0 Å². The Kier molecular flexibility index (Phi) is 4.99. The highest BCUT2D eigenvalue weighted by atomic mass is 16.5. The summed E-state index contributed by atoms with van der Waals surface area (Å²) >= 11 is 0. The first-order valence-corrected chi connectivity index (χ1v) is 6.61. The van der Waals surface area contributed by atoms with E-state index in [2.05, 4.69) is 17.6 Å². The molecule has 2 rings (SSSR count). The number of nitrogens with one attached hydrogen (secondary N) is 1. The number of hydrogen-bond acceptors (Lipinski definition) is 4. The van der Waals surface area contributed by atoms with E-state index in [0.717, 1.165) is 31.8 Å². The van der Waals surface area contributed by atoms with E-state index in [9.17, 15) is 0 Å². The van der Waals surface area contributed by atoms with Crippen LogP contribution in [0.15, 0.2) is 24.3 Å². The van der Waals surface area contributed by atoms with E-state index in [-0.39, 0.29) is 6.04 Å². The van der Waals surface area contributed by atoms with Crippen molar-refractivity contribution in [2.24, 2.45) is 11.8 Å². The van der Waals surface area contributed by atoms with E-state index < -0.39 is 0 Å². The second kappa shape index (κ2) is 6.73. The summed E-state index contributed by atoms with van der Waals surface area (Å²) in [5.41, 5.74) is 4.09. The maximum atomic E-state index is 5.71. The lowest BCUT2D eigenvalue weighted by molar-refractivity contribution is 0.0390. The molecule has 0 saturated carbocycles. The molecule has 0 aliphatic carbocycles. The van der Waals surface area contributed by atoms with Crippen LogP contribution < -0.4 is 16.0 Å². The Morgan fingerprint density at radius 1 is 1.56 bits per heavy atom. The Morgan fingerprint density at radius 2 is 2.44 bits per heavy atom. The van der Waals surface area contributed by atoms with Gasteiger partial charge in [-0.3, -0.25) is 11.3 Å². The summed E-state index contributed by atoms with van der Waals surface area (Å²) in [6, 6.07) is 8.25. The van der Waals surface area contributed by atoms with Gasteiger partial charge in [0, 0.05) is 12.5 Å². The topological polar surface area (TPSA) is 56.5 Å². The lowest BCUT2D eigenvalue weighted by Crippen LogP contribution is -2.37. The normalized spacial score (nSPS) is 21.6. The van der Waals surface area contributed by atoms with Crippen molar-refractivity contribution in [3.05, 3.63) is 29.8 Å². The van der Waals surface area contributed by atoms with E-state index in [0.29, 0.717) is 12.5 Å². The number of nitrogens with two attached hydrogens (primary N) is 1. The van der Waals surface area contributed by atoms with E-state index in [1.807, 2.05) is 19.1 Å². The van der Waals surface area contributed by atoms with Crippen molar-refractivity contribution < 1.29 is 9.47 Å². The molecule has 3 N–H and O–H groups in total. The molecular weight excluding hydrogens is 228 g/mol. The molecule has 1 aliphatic rings. The van der Waals surface area contributed by atoms with Crippen LogP contribution in [0.25, 0.3) is 0 Å². The summed E-state index contributed by atoms with van der Waals surface area (Å²) in [7, 11) is 0. The summed E-state index contributed by atoms with van der Waals surface area (Å²) in [5.74, 6) is 7.04. The highest BCUT2D eigenvalue weighted by Crippen LogP contribution is 2.29. The van der Waals surface area contributed by atoms with Crippen molar-refractivity contribution in [3.8, 4) is 5.75 Å². The highest BCUT2D eigenvalue weighted by Gasteiger charge is 2.24. The lowest BCUT2D eigenvalue weighted by atomic mass is 9.89. The van der Waals surface area contributed by atoms with Crippen molar-refractivity contribution >= 4 is 0 Å². The fourth-order valence-electron chi connectivity index (χ4n) is 2.50. The maximum absolute atomic E-state index is 5.71. The number of ether oxygens (including phenoxy) is 2. The van der Waals surface area contributed by atoms with Crippen molar-refractivity contribution in [2.75, 3.05) is 19.8 Å². The molecule has 100 valence electrons. The molecule has 0 amide bonds. The monoisotopic (exact) mass is 250 g/mol. The average Bonchev–Trinajstić information content (AvgIpc) is 2.42. The van der Waals surface area contributed by atoms with Gasteiger partial charge in [0.05, 0.1) is 19.3 Å². The molecular formula is C14H22N2O2. The first-order chi connectivity index (χ1) is 8.85. The van der Waals surface area contributed by atoms with Crippen LogP contribution in [0.1, 0.15) is 31.4 Å². The van der Waals surface area contributed by atoms with Gasteiger partial charge in [-0.25, -0.2) is 0 Å². The Balaban J connectivity index is 2.12. The number of hydrazine groups is 1. The largest absolute Gasteiger partial charge is 0.494 e. The molecule has 0 bridgehead atoms. The Morgan fingerprint density at radius 3 is 3.11 bits per heavy atom. The Bertz CT molecular complexity index is 365. The highest BCUT2D eigenvalue weighted by molar-refractivity contribution is 5.31.